The van der Waals surface area contributed by atoms with Crippen LogP contribution in [0, 0.1) is 5.92 Å². The number of hydrogen-bond acceptors (Lipinski definition) is 2. The third kappa shape index (κ3) is 6.84. The Morgan fingerprint density at radius 2 is 1.95 bits per heavy atom. The average Bonchev–Trinajstić information content (AvgIpc) is 2.33. The lowest BCUT2D eigenvalue weighted by Gasteiger charge is -2.12. The van der Waals surface area contributed by atoms with Gasteiger partial charge in [0.25, 0.3) is 0 Å². The van der Waals surface area contributed by atoms with Gasteiger partial charge in [0.2, 0.25) is 0 Å². The zero-order chi connectivity index (χ0) is 14.3. The van der Waals surface area contributed by atoms with Crippen LogP contribution in [0.4, 0.5) is 0 Å². The molecular weight excluding hydrogens is 258 g/mol. The molecule has 1 N–H and O–H groups in total. The Bertz CT molecular complexity index is 377. The zero-order valence-electron chi connectivity index (χ0n) is 12.5. The van der Waals surface area contributed by atoms with Crippen LogP contribution in [0.1, 0.15) is 46.1 Å². The van der Waals surface area contributed by atoms with E-state index in [1.165, 1.54) is 12.0 Å². The van der Waals surface area contributed by atoms with E-state index in [2.05, 4.69) is 39.1 Å². The van der Waals surface area contributed by atoms with Gasteiger partial charge in [0.05, 0.1) is 11.6 Å². The van der Waals surface area contributed by atoms with Crippen molar-refractivity contribution in [1.29, 1.82) is 0 Å². The van der Waals surface area contributed by atoms with E-state index in [-0.39, 0.29) is 0 Å². The molecule has 0 fully saturated rings. The van der Waals surface area contributed by atoms with E-state index in [0.29, 0.717) is 11.1 Å². The van der Waals surface area contributed by atoms with Gasteiger partial charge in [-0.25, -0.2) is 0 Å². The van der Waals surface area contributed by atoms with Gasteiger partial charge in [0.15, 0.2) is 0 Å². The second kappa shape index (κ2) is 8.44. The van der Waals surface area contributed by atoms with E-state index in [0.717, 1.165) is 31.2 Å². The Morgan fingerprint density at radius 1 is 1.21 bits per heavy atom. The van der Waals surface area contributed by atoms with Gasteiger partial charge >= 0.3 is 0 Å². The summed E-state index contributed by atoms with van der Waals surface area (Å²) in [6.45, 7) is 10.3. The quantitative estimate of drug-likeness (QED) is 0.701. The summed E-state index contributed by atoms with van der Waals surface area (Å²) in [6, 6.07) is 6.49. The first-order chi connectivity index (χ1) is 8.99. The van der Waals surface area contributed by atoms with E-state index in [4.69, 9.17) is 16.3 Å². The fraction of sp³-hybridized carbons (Fsp3) is 0.625. The smallest absolute Gasteiger partial charge is 0.137 e. The molecule has 0 unspecified atom stereocenters. The van der Waals surface area contributed by atoms with Crippen LogP contribution >= 0.6 is 11.6 Å². The maximum Gasteiger partial charge on any atom is 0.137 e. The summed E-state index contributed by atoms with van der Waals surface area (Å²) < 4.78 is 5.72. The second-order valence-corrected chi connectivity index (χ2v) is 6.09. The number of halogens is 1. The third-order valence-corrected chi connectivity index (χ3v) is 3.19. The SMILES string of the molecule is CC(C)CCCOc1ccc(CNC(C)C)cc1Cl. The van der Waals surface area contributed by atoms with Gasteiger partial charge < -0.3 is 10.1 Å². The molecular formula is C16H26ClNO. The van der Waals surface area contributed by atoms with Crippen LogP contribution in [0.15, 0.2) is 18.2 Å². The Hall–Kier alpha value is -0.730. The van der Waals surface area contributed by atoms with Gasteiger partial charge in [-0.05, 0) is 36.5 Å². The molecule has 0 aromatic heterocycles. The van der Waals surface area contributed by atoms with Crippen LogP contribution < -0.4 is 10.1 Å². The molecule has 2 nitrogen and oxygen atoms in total. The van der Waals surface area contributed by atoms with E-state index in [1.807, 2.05) is 12.1 Å². The predicted octanol–water partition coefficient (Wildman–Crippen LogP) is 4.65. The maximum atomic E-state index is 6.23. The number of rotatable bonds is 8. The molecule has 0 saturated carbocycles. The van der Waals surface area contributed by atoms with Crippen molar-refractivity contribution in [3.8, 4) is 5.75 Å². The molecule has 0 bridgehead atoms. The van der Waals surface area contributed by atoms with E-state index >= 15 is 0 Å². The first kappa shape index (κ1) is 16.3. The van der Waals surface area contributed by atoms with Crippen LogP contribution in [0.3, 0.4) is 0 Å². The largest absolute Gasteiger partial charge is 0.492 e. The van der Waals surface area contributed by atoms with Gasteiger partial charge in [-0.1, -0.05) is 45.4 Å². The van der Waals surface area contributed by atoms with Gasteiger partial charge in [-0.3, -0.25) is 0 Å². The lowest BCUT2D eigenvalue weighted by molar-refractivity contribution is 0.298. The minimum Gasteiger partial charge on any atom is -0.492 e. The van der Waals surface area contributed by atoms with Crippen molar-refractivity contribution in [1.82, 2.24) is 5.32 Å². The number of nitrogens with one attached hydrogen (secondary N) is 1. The molecule has 0 spiro atoms. The standard InChI is InChI=1S/C16H26ClNO/c1-12(2)6-5-9-19-16-8-7-14(10-15(16)17)11-18-13(3)4/h7-8,10,12-13,18H,5-6,9,11H2,1-4H3. The summed E-state index contributed by atoms with van der Waals surface area (Å²) in [5.41, 5.74) is 1.19. The summed E-state index contributed by atoms with van der Waals surface area (Å²) >= 11 is 6.23. The fourth-order valence-electron chi connectivity index (χ4n) is 1.77. The summed E-state index contributed by atoms with van der Waals surface area (Å²) in [5.74, 6) is 1.52. The molecule has 1 rings (SSSR count). The Balaban J connectivity index is 2.43. The highest BCUT2D eigenvalue weighted by molar-refractivity contribution is 6.32. The summed E-state index contributed by atoms with van der Waals surface area (Å²) in [4.78, 5) is 0. The zero-order valence-corrected chi connectivity index (χ0v) is 13.3. The van der Waals surface area contributed by atoms with Gasteiger partial charge in [-0.2, -0.15) is 0 Å². The van der Waals surface area contributed by atoms with Gasteiger partial charge in [-0.15, -0.1) is 0 Å². The highest BCUT2D eigenvalue weighted by Crippen LogP contribution is 2.25. The Labute approximate surface area is 122 Å². The summed E-state index contributed by atoms with van der Waals surface area (Å²) in [6.07, 6.45) is 2.26. The van der Waals surface area contributed by atoms with Crippen LogP contribution in [-0.2, 0) is 6.54 Å². The van der Waals surface area contributed by atoms with Crippen molar-refractivity contribution >= 4 is 11.6 Å². The first-order valence-corrected chi connectivity index (χ1v) is 7.51. The van der Waals surface area contributed by atoms with Crippen LogP contribution in [0.25, 0.3) is 0 Å². The molecule has 0 aliphatic carbocycles. The lowest BCUT2D eigenvalue weighted by atomic mass is 10.1. The van der Waals surface area contributed by atoms with Crippen LogP contribution in [0.5, 0.6) is 5.75 Å². The molecule has 0 amide bonds. The molecule has 1 aromatic rings. The number of benzene rings is 1. The van der Waals surface area contributed by atoms with Gasteiger partial charge in [0.1, 0.15) is 5.75 Å². The lowest BCUT2D eigenvalue weighted by Crippen LogP contribution is -2.21. The first-order valence-electron chi connectivity index (χ1n) is 7.13. The summed E-state index contributed by atoms with van der Waals surface area (Å²) in [7, 11) is 0. The highest BCUT2D eigenvalue weighted by atomic mass is 35.5. The molecule has 0 aliphatic heterocycles. The molecule has 0 aliphatic rings. The molecule has 0 heterocycles. The van der Waals surface area contributed by atoms with Crippen molar-refractivity contribution in [3.05, 3.63) is 28.8 Å². The normalized spacial score (nSPS) is 11.3. The molecule has 19 heavy (non-hydrogen) atoms. The summed E-state index contributed by atoms with van der Waals surface area (Å²) in [5, 5.41) is 4.08. The van der Waals surface area contributed by atoms with Crippen molar-refractivity contribution in [3.63, 3.8) is 0 Å². The maximum absolute atomic E-state index is 6.23. The molecule has 0 atom stereocenters. The molecule has 0 radical (unpaired) electrons. The molecule has 3 heteroatoms. The van der Waals surface area contributed by atoms with E-state index in [9.17, 15) is 0 Å². The van der Waals surface area contributed by atoms with Gasteiger partial charge in [0, 0.05) is 12.6 Å². The van der Waals surface area contributed by atoms with E-state index < -0.39 is 0 Å². The predicted molar refractivity (Wildman–Crippen MR) is 83.0 cm³/mol. The van der Waals surface area contributed by atoms with Crippen LogP contribution in [-0.4, -0.2) is 12.6 Å². The van der Waals surface area contributed by atoms with Crippen molar-refractivity contribution in [2.75, 3.05) is 6.61 Å². The molecule has 108 valence electrons. The highest BCUT2D eigenvalue weighted by Gasteiger charge is 2.04. The average molecular weight is 284 g/mol. The van der Waals surface area contributed by atoms with Crippen molar-refractivity contribution < 1.29 is 4.74 Å². The fourth-order valence-corrected chi connectivity index (χ4v) is 2.02. The minimum absolute atomic E-state index is 0.478. The van der Waals surface area contributed by atoms with E-state index in [1.54, 1.807) is 0 Å². The Kier molecular flexibility index (Phi) is 7.25. The number of ether oxygens (including phenoxy) is 1. The Morgan fingerprint density at radius 3 is 2.53 bits per heavy atom. The number of hydrogen-bond donors (Lipinski definition) is 1. The third-order valence-electron chi connectivity index (χ3n) is 2.89. The van der Waals surface area contributed by atoms with Crippen LogP contribution in [0.2, 0.25) is 5.02 Å². The second-order valence-electron chi connectivity index (χ2n) is 5.68. The van der Waals surface area contributed by atoms with Crippen molar-refractivity contribution in [2.45, 2.75) is 53.1 Å². The monoisotopic (exact) mass is 283 g/mol. The molecule has 0 saturated heterocycles. The van der Waals surface area contributed by atoms with Crippen molar-refractivity contribution in [2.24, 2.45) is 5.92 Å². The molecule has 1 aromatic carbocycles. The minimum atomic E-state index is 0.478. The topological polar surface area (TPSA) is 21.3 Å².